The van der Waals surface area contributed by atoms with Crippen LogP contribution in [-0.2, 0) is 4.79 Å². The smallest absolute Gasteiger partial charge is 0.220 e. The van der Waals surface area contributed by atoms with E-state index in [9.17, 15) is 9.90 Å². The average molecular weight is 319 g/mol. The molecule has 0 saturated carbocycles. The molecule has 0 saturated heterocycles. The van der Waals surface area contributed by atoms with Crippen LogP contribution < -0.4 is 5.32 Å². The first-order valence-corrected chi connectivity index (χ1v) is 8.16. The molecule has 3 heteroatoms. The molecule has 0 unspecified atom stereocenters. The second-order valence-corrected chi connectivity index (χ2v) is 5.98. The van der Waals surface area contributed by atoms with E-state index in [0.717, 1.165) is 27.5 Å². The molecule has 3 nitrogen and oxygen atoms in total. The summed E-state index contributed by atoms with van der Waals surface area (Å²) in [4.78, 5) is 12.1. The number of rotatable bonds is 4. The first-order valence-electron chi connectivity index (χ1n) is 8.16. The highest BCUT2D eigenvalue weighted by Gasteiger charge is 2.21. The highest BCUT2D eigenvalue weighted by molar-refractivity contribution is 5.89. The summed E-state index contributed by atoms with van der Waals surface area (Å²) >= 11 is 0. The van der Waals surface area contributed by atoms with Gasteiger partial charge in [-0.25, -0.2) is 0 Å². The van der Waals surface area contributed by atoms with Crippen molar-refractivity contribution in [2.24, 2.45) is 0 Å². The zero-order chi connectivity index (χ0) is 17.1. The molecule has 0 aliphatic carbocycles. The van der Waals surface area contributed by atoms with E-state index in [4.69, 9.17) is 0 Å². The van der Waals surface area contributed by atoms with Crippen molar-refractivity contribution in [3.8, 4) is 5.75 Å². The highest BCUT2D eigenvalue weighted by Crippen LogP contribution is 2.35. The number of hydrogen-bond acceptors (Lipinski definition) is 2. The summed E-state index contributed by atoms with van der Waals surface area (Å²) in [6.45, 7) is 3.85. The number of phenolic OH excluding ortho intramolecular Hbond substituents is 1. The molecule has 2 N–H and O–H groups in total. The molecule has 0 heterocycles. The minimum absolute atomic E-state index is 0.0482. The standard InChI is InChI=1S/C21H21NO2/c1-3-19(24)22-21(16-10-8-14(2)9-11-16)20-17-7-5-4-6-15(17)12-13-18(20)23/h4-13,21,23H,3H2,1-2H3,(H,22,24)/t21-/m1/s1. The number of carbonyl (C=O) groups excluding carboxylic acids is 1. The van der Waals surface area contributed by atoms with E-state index in [1.807, 2.05) is 68.4 Å². The number of aryl methyl sites for hydroxylation is 1. The minimum Gasteiger partial charge on any atom is -0.508 e. The van der Waals surface area contributed by atoms with Gasteiger partial charge in [0.15, 0.2) is 0 Å². The lowest BCUT2D eigenvalue weighted by atomic mass is 9.92. The molecule has 1 amide bonds. The van der Waals surface area contributed by atoms with Gasteiger partial charge in [-0.15, -0.1) is 0 Å². The Bertz CT molecular complexity index is 869. The maximum absolute atomic E-state index is 12.1. The van der Waals surface area contributed by atoms with Crippen LogP contribution in [0.15, 0.2) is 60.7 Å². The van der Waals surface area contributed by atoms with Crippen molar-refractivity contribution in [3.05, 3.63) is 77.4 Å². The zero-order valence-corrected chi connectivity index (χ0v) is 13.9. The van der Waals surface area contributed by atoms with Gasteiger partial charge in [0.05, 0.1) is 6.04 Å². The summed E-state index contributed by atoms with van der Waals surface area (Å²) in [5, 5.41) is 15.6. The van der Waals surface area contributed by atoms with Crippen molar-refractivity contribution >= 4 is 16.7 Å². The van der Waals surface area contributed by atoms with Crippen LogP contribution in [0.25, 0.3) is 10.8 Å². The van der Waals surface area contributed by atoms with E-state index in [-0.39, 0.29) is 17.7 Å². The van der Waals surface area contributed by atoms with Crippen molar-refractivity contribution in [2.45, 2.75) is 26.3 Å². The molecule has 0 fully saturated rings. The van der Waals surface area contributed by atoms with Crippen LogP contribution in [-0.4, -0.2) is 11.0 Å². The predicted molar refractivity (Wildman–Crippen MR) is 97.1 cm³/mol. The zero-order valence-electron chi connectivity index (χ0n) is 13.9. The number of benzene rings is 3. The van der Waals surface area contributed by atoms with E-state index >= 15 is 0 Å². The number of phenols is 1. The van der Waals surface area contributed by atoms with E-state index in [0.29, 0.717) is 6.42 Å². The van der Waals surface area contributed by atoms with Crippen LogP contribution in [0.5, 0.6) is 5.75 Å². The van der Waals surface area contributed by atoms with E-state index in [2.05, 4.69) is 5.32 Å². The molecular formula is C21H21NO2. The van der Waals surface area contributed by atoms with Crippen molar-refractivity contribution in [3.63, 3.8) is 0 Å². The maximum Gasteiger partial charge on any atom is 0.220 e. The third kappa shape index (κ3) is 3.11. The second-order valence-electron chi connectivity index (χ2n) is 5.98. The fourth-order valence-corrected chi connectivity index (χ4v) is 2.93. The molecule has 0 aromatic heterocycles. The number of nitrogens with one attached hydrogen (secondary N) is 1. The van der Waals surface area contributed by atoms with Gasteiger partial charge in [-0.1, -0.05) is 67.1 Å². The number of fused-ring (bicyclic) bond motifs is 1. The Morgan fingerprint density at radius 1 is 1.04 bits per heavy atom. The van der Waals surface area contributed by atoms with Gasteiger partial charge in [0.25, 0.3) is 0 Å². The Hall–Kier alpha value is -2.81. The second kappa shape index (κ2) is 6.75. The lowest BCUT2D eigenvalue weighted by Gasteiger charge is -2.22. The Balaban J connectivity index is 2.20. The van der Waals surface area contributed by atoms with Gasteiger partial charge < -0.3 is 10.4 Å². The summed E-state index contributed by atoms with van der Waals surface area (Å²) in [7, 11) is 0. The Kier molecular flexibility index (Phi) is 4.52. The van der Waals surface area contributed by atoms with Gasteiger partial charge in [0.2, 0.25) is 5.91 Å². The van der Waals surface area contributed by atoms with Crippen LogP contribution in [0.2, 0.25) is 0 Å². The summed E-state index contributed by atoms with van der Waals surface area (Å²) in [6, 6.07) is 19.1. The molecule has 122 valence electrons. The summed E-state index contributed by atoms with van der Waals surface area (Å²) in [6.07, 6.45) is 0.397. The van der Waals surface area contributed by atoms with E-state index < -0.39 is 0 Å². The molecule has 0 aliphatic rings. The fraction of sp³-hybridized carbons (Fsp3) is 0.190. The van der Waals surface area contributed by atoms with Crippen molar-refractivity contribution < 1.29 is 9.90 Å². The van der Waals surface area contributed by atoms with Crippen molar-refractivity contribution in [2.75, 3.05) is 0 Å². The lowest BCUT2D eigenvalue weighted by molar-refractivity contribution is -0.121. The monoisotopic (exact) mass is 319 g/mol. The van der Waals surface area contributed by atoms with Gasteiger partial charge in [-0.05, 0) is 29.3 Å². The normalized spacial score (nSPS) is 12.1. The summed E-state index contributed by atoms with van der Waals surface area (Å²) < 4.78 is 0. The molecule has 0 aliphatic heterocycles. The van der Waals surface area contributed by atoms with Gasteiger partial charge in [-0.3, -0.25) is 4.79 Å². The molecule has 1 atom stereocenters. The number of carbonyl (C=O) groups is 1. The summed E-state index contributed by atoms with van der Waals surface area (Å²) in [5.74, 6) is 0.142. The Morgan fingerprint density at radius 3 is 2.46 bits per heavy atom. The van der Waals surface area contributed by atoms with E-state index in [1.54, 1.807) is 6.07 Å². The van der Waals surface area contributed by atoms with Gasteiger partial charge in [0.1, 0.15) is 5.75 Å². The number of hydrogen-bond donors (Lipinski definition) is 2. The van der Waals surface area contributed by atoms with Gasteiger partial charge in [0, 0.05) is 12.0 Å². The number of aromatic hydroxyl groups is 1. The SMILES string of the molecule is CCC(=O)N[C@H](c1ccc(C)cc1)c1c(O)ccc2ccccc12. The maximum atomic E-state index is 12.1. The van der Waals surface area contributed by atoms with Crippen LogP contribution in [0.1, 0.15) is 36.1 Å². The van der Waals surface area contributed by atoms with Gasteiger partial charge in [-0.2, -0.15) is 0 Å². The van der Waals surface area contributed by atoms with Crippen LogP contribution >= 0.6 is 0 Å². The van der Waals surface area contributed by atoms with E-state index in [1.165, 1.54) is 0 Å². The quantitative estimate of drug-likeness (QED) is 0.745. The molecule has 3 rings (SSSR count). The van der Waals surface area contributed by atoms with Crippen LogP contribution in [0.3, 0.4) is 0 Å². The largest absolute Gasteiger partial charge is 0.508 e. The first kappa shape index (κ1) is 16.1. The molecule has 3 aromatic carbocycles. The molecule has 0 radical (unpaired) electrons. The molecule has 3 aromatic rings. The Morgan fingerprint density at radius 2 is 1.75 bits per heavy atom. The van der Waals surface area contributed by atoms with Gasteiger partial charge >= 0.3 is 0 Å². The lowest BCUT2D eigenvalue weighted by Crippen LogP contribution is -2.28. The third-order valence-corrected chi connectivity index (χ3v) is 4.27. The predicted octanol–water partition coefficient (Wildman–Crippen LogP) is 4.47. The Labute approximate surface area is 142 Å². The van der Waals surface area contributed by atoms with Crippen molar-refractivity contribution in [1.29, 1.82) is 0 Å². The topological polar surface area (TPSA) is 49.3 Å². The fourth-order valence-electron chi connectivity index (χ4n) is 2.93. The average Bonchev–Trinajstić information content (AvgIpc) is 2.61. The highest BCUT2D eigenvalue weighted by atomic mass is 16.3. The van der Waals surface area contributed by atoms with Crippen molar-refractivity contribution in [1.82, 2.24) is 5.32 Å². The summed E-state index contributed by atoms with van der Waals surface area (Å²) in [5.41, 5.74) is 2.84. The molecule has 24 heavy (non-hydrogen) atoms. The molecule has 0 bridgehead atoms. The molecular weight excluding hydrogens is 298 g/mol. The molecule has 0 spiro atoms. The number of amides is 1. The van der Waals surface area contributed by atoms with Crippen LogP contribution in [0.4, 0.5) is 0 Å². The first-order chi connectivity index (χ1) is 11.6. The van der Waals surface area contributed by atoms with Crippen LogP contribution in [0, 0.1) is 6.92 Å². The minimum atomic E-state index is -0.385. The third-order valence-electron chi connectivity index (χ3n) is 4.27.